The number of aliphatic hydroxyl groups excluding tert-OH is 1. The summed E-state index contributed by atoms with van der Waals surface area (Å²) in [5.41, 5.74) is 2.37. The van der Waals surface area contributed by atoms with Crippen LogP contribution in [0.3, 0.4) is 0 Å². The molecule has 2 N–H and O–H groups in total. The Labute approximate surface area is 115 Å². The van der Waals surface area contributed by atoms with Crippen molar-refractivity contribution in [1.29, 1.82) is 0 Å². The van der Waals surface area contributed by atoms with Gasteiger partial charge in [-0.1, -0.05) is 29.8 Å². The van der Waals surface area contributed by atoms with E-state index in [0.29, 0.717) is 17.1 Å². The number of benzene rings is 1. The van der Waals surface area contributed by atoms with Gasteiger partial charge in [0.05, 0.1) is 17.9 Å². The first-order chi connectivity index (χ1) is 9.06. The lowest BCUT2D eigenvalue weighted by Crippen LogP contribution is -2.03. The number of halogens is 1. The second-order valence-electron chi connectivity index (χ2n) is 4.22. The molecule has 0 spiro atoms. The number of hydrogen-bond acceptors (Lipinski definition) is 2. The van der Waals surface area contributed by atoms with Crippen LogP contribution in [0, 0.1) is 6.92 Å². The Bertz CT molecular complexity index is 619. The van der Waals surface area contributed by atoms with Crippen LogP contribution in [0.2, 0.25) is 5.02 Å². The van der Waals surface area contributed by atoms with Gasteiger partial charge in [0.15, 0.2) is 0 Å². The minimum absolute atomic E-state index is 0.0648. The van der Waals surface area contributed by atoms with E-state index in [-0.39, 0.29) is 12.2 Å². The molecule has 0 amide bonds. The number of hydrogen-bond donors (Lipinski definition) is 2. The lowest BCUT2D eigenvalue weighted by molar-refractivity contribution is 0.0696. The molecule has 2 rings (SSSR count). The Balaban J connectivity index is 2.67. The van der Waals surface area contributed by atoms with Crippen LogP contribution in [-0.4, -0.2) is 27.4 Å². The highest BCUT2D eigenvalue weighted by Crippen LogP contribution is 2.32. The molecule has 0 aliphatic carbocycles. The van der Waals surface area contributed by atoms with Gasteiger partial charge in [0, 0.05) is 23.3 Å². The first kappa shape index (κ1) is 13.6. The molecule has 0 saturated heterocycles. The Morgan fingerprint density at radius 3 is 2.63 bits per heavy atom. The van der Waals surface area contributed by atoms with Gasteiger partial charge in [0.25, 0.3) is 0 Å². The minimum atomic E-state index is -0.984. The molecule has 100 valence electrons. The first-order valence-electron chi connectivity index (χ1n) is 5.85. The quantitative estimate of drug-likeness (QED) is 0.905. The van der Waals surface area contributed by atoms with Crippen molar-refractivity contribution >= 4 is 17.6 Å². The number of carbonyl (C=O) groups is 1. The highest BCUT2D eigenvalue weighted by molar-refractivity contribution is 6.33. The van der Waals surface area contributed by atoms with Crippen molar-refractivity contribution in [3.8, 4) is 11.3 Å². The largest absolute Gasteiger partial charge is 0.478 e. The summed E-state index contributed by atoms with van der Waals surface area (Å²) in [6.45, 7) is 2.01. The van der Waals surface area contributed by atoms with Crippen molar-refractivity contribution in [2.75, 3.05) is 6.61 Å². The van der Waals surface area contributed by atoms with E-state index in [1.54, 1.807) is 17.6 Å². The lowest BCUT2D eigenvalue weighted by Gasteiger charge is -2.10. The summed E-state index contributed by atoms with van der Waals surface area (Å²) < 4.78 is 1.72. The van der Waals surface area contributed by atoms with E-state index in [9.17, 15) is 9.90 Å². The number of aliphatic hydroxyl groups is 1. The van der Waals surface area contributed by atoms with Gasteiger partial charge < -0.3 is 14.8 Å². The van der Waals surface area contributed by atoms with E-state index < -0.39 is 5.97 Å². The van der Waals surface area contributed by atoms with Crippen LogP contribution in [0.15, 0.2) is 30.5 Å². The summed E-state index contributed by atoms with van der Waals surface area (Å²) in [7, 11) is 0. The summed E-state index contributed by atoms with van der Waals surface area (Å²) in [5.74, 6) is -0.984. The average Bonchev–Trinajstić information content (AvgIpc) is 2.68. The fourth-order valence-electron chi connectivity index (χ4n) is 2.17. The first-order valence-corrected chi connectivity index (χ1v) is 6.22. The molecule has 5 heteroatoms. The van der Waals surface area contributed by atoms with Crippen molar-refractivity contribution in [3.63, 3.8) is 0 Å². The van der Waals surface area contributed by atoms with Crippen LogP contribution < -0.4 is 0 Å². The van der Waals surface area contributed by atoms with Gasteiger partial charge in [-0.05, 0) is 18.6 Å². The highest BCUT2D eigenvalue weighted by atomic mass is 35.5. The molecule has 0 aliphatic rings. The van der Waals surface area contributed by atoms with Crippen LogP contribution in [0.25, 0.3) is 11.3 Å². The number of carboxylic acid groups (broad SMARTS) is 1. The van der Waals surface area contributed by atoms with Crippen LogP contribution in [-0.2, 0) is 6.54 Å². The molecular weight excluding hydrogens is 266 g/mol. The number of rotatable bonds is 4. The minimum Gasteiger partial charge on any atom is -0.478 e. The van der Waals surface area contributed by atoms with E-state index in [1.807, 2.05) is 18.2 Å². The molecule has 1 aromatic carbocycles. The number of nitrogens with zero attached hydrogens (tertiary/aromatic N) is 1. The van der Waals surface area contributed by atoms with E-state index in [4.69, 9.17) is 16.7 Å². The smallest absolute Gasteiger partial charge is 0.337 e. The van der Waals surface area contributed by atoms with Crippen molar-refractivity contribution in [2.45, 2.75) is 13.5 Å². The zero-order valence-corrected chi connectivity index (χ0v) is 11.2. The maximum atomic E-state index is 11.2. The predicted molar refractivity (Wildman–Crippen MR) is 73.7 cm³/mol. The van der Waals surface area contributed by atoms with Gasteiger partial charge in [-0.25, -0.2) is 4.79 Å². The summed E-state index contributed by atoms with van der Waals surface area (Å²) in [6, 6.07) is 7.26. The summed E-state index contributed by atoms with van der Waals surface area (Å²) in [6.07, 6.45) is 1.53. The molecule has 2 aromatic rings. The average molecular weight is 280 g/mol. The maximum absolute atomic E-state index is 11.2. The normalized spacial score (nSPS) is 10.7. The van der Waals surface area contributed by atoms with Gasteiger partial charge in [0.1, 0.15) is 0 Å². The van der Waals surface area contributed by atoms with Gasteiger partial charge >= 0.3 is 5.97 Å². The molecular formula is C14H14ClNO3. The summed E-state index contributed by atoms with van der Waals surface area (Å²) in [4.78, 5) is 11.2. The molecule has 0 unspecified atom stereocenters. The number of aromatic nitrogens is 1. The maximum Gasteiger partial charge on any atom is 0.337 e. The summed E-state index contributed by atoms with van der Waals surface area (Å²) >= 11 is 6.17. The number of aromatic carboxylic acids is 1. The van der Waals surface area contributed by atoms with E-state index in [2.05, 4.69) is 0 Å². The predicted octanol–water partition coefficient (Wildman–Crippen LogP) is 2.81. The zero-order valence-electron chi connectivity index (χ0n) is 10.4. The summed E-state index contributed by atoms with van der Waals surface area (Å²) in [5, 5.41) is 18.8. The van der Waals surface area contributed by atoms with Crippen LogP contribution in [0.5, 0.6) is 0 Å². The Hall–Kier alpha value is -1.78. The van der Waals surface area contributed by atoms with E-state index >= 15 is 0 Å². The molecule has 0 radical (unpaired) electrons. The third-order valence-corrected chi connectivity index (χ3v) is 3.36. The molecule has 0 bridgehead atoms. The van der Waals surface area contributed by atoms with Crippen molar-refractivity contribution in [2.24, 2.45) is 0 Å². The monoisotopic (exact) mass is 279 g/mol. The van der Waals surface area contributed by atoms with E-state index in [1.165, 1.54) is 6.20 Å². The van der Waals surface area contributed by atoms with Gasteiger partial charge in [0.2, 0.25) is 0 Å². The number of carboxylic acids is 1. The fourth-order valence-corrected chi connectivity index (χ4v) is 2.40. The molecule has 0 atom stereocenters. The molecule has 0 aliphatic heterocycles. The standard InChI is InChI=1S/C14H14ClNO3/c1-9-11(14(18)19)8-16(6-7-17)13(9)10-4-2-3-5-12(10)15/h2-5,8,17H,6-7H2,1H3,(H,18,19). The van der Waals surface area contributed by atoms with Crippen LogP contribution in [0.1, 0.15) is 15.9 Å². The fraction of sp³-hybridized carbons (Fsp3) is 0.214. The molecule has 1 heterocycles. The second kappa shape index (κ2) is 5.47. The Morgan fingerprint density at radius 2 is 2.05 bits per heavy atom. The van der Waals surface area contributed by atoms with Crippen molar-refractivity contribution in [3.05, 3.63) is 46.6 Å². The topological polar surface area (TPSA) is 62.5 Å². The van der Waals surface area contributed by atoms with E-state index in [0.717, 1.165) is 11.3 Å². The van der Waals surface area contributed by atoms with Crippen LogP contribution >= 0.6 is 11.6 Å². The molecule has 1 aromatic heterocycles. The zero-order chi connectivity index (χ0) is 14.0. The molecule has 4 nitrogen and oxygen atoms in total. The third kappa shape index (κ3) is 2.50. The molecule has 19 heavy (non-hydrogen) atoms. The van der Waals surface area contributed by atoms with Gasteiger partial charge in [-0.3, -0.25) is 0 Å². The molecule has 0 saturated carbocycles. The molecule has 0 fully saturated rings. The SMILES string of the molecule is Cc1c(C(=O)O)cn(CCO)c1-c1ccccc1Cl. The van der Waals surface area contributed by atoms with Gasteiger partial charge in [-0.15, -0.1) is 0 Å². The Morgan fingerprint density at radius 1 is 1.37 bits per heavy atom. The lowest BCUT2D eigenvalue weighted by atomic mass is 10.1. The Kier molecular flexibility index (Phi) is 3.93. The van der Waals surface area contributed by atoms with Gasteiger partial charge in [-0.2, -0.15) is 0 Å². The van der Waals surface area contributed by atoms with Crippen molar-refractivity contribution < 1.29 is 15.0 Å². The van der Waals surface area contributed by atoms with Crippen molar-refractivity contribution in [1.82, 2.24) is 4.57 Å². The highest BCUT2D eigenvalue weighted by Gasteiger charge is 2.19. The third-order valence-electron chi connectivity index (χ3n) is 3.03. The van der Waals surface area contributed by atoms with Crippen LogP contribution in [0.4, 0.5) is 0 Å². The second-order valence-corrected chi connectivity index (χ2v) is 4.63.